The van der Waals surface area contributed by atoms with Gasteiger partial charge >= 0.3 is 0 Å². The normalized spacial score (nSPS) is 25.0. The molecule has 2 atom stereocenters. The summed E-state index contributed by atoms with van der Waals surface area (Å²) in [6.07, 6.45) is 6.86. The summed E-state index contributed by atoms with van der Waals surface area (Å²) in [6, 6.07) is 4.70. The largest absolute Gasteiger partial charge is 0.348 e. The van der Waals surface area contributed by atoms with Crippen LogP contribution in [0.4, 0.5) is 0 Å². The van der Waals surface area contributed by atoms with Gasteiger partial charge in [-0.05, 0) is 63.7 Å². The average molecular weight is 261 g/mol. The molecule has 1 aliphatic carbocycles. The Morgan fingerprint density at radius 3 is 3.00 bits per heavy atom. The molecule has 0 radical (unpaired) electrons. The first-order valence-corrected chi connectivity index (χ1v) is 7.44. The van der Waals surface area contributed by atoms with Crippen molar-refractivity contribution in [1.29, 1.82) is 0 Å². The van der Waals surface area contributed by atoms with Gasteiger partial charge in [-0.2, -0.15) is 0 Å². The molecule has 4 nitrogen and oxygen atoms in total. The molecule has 1 aromatic rings. The minimum absolute atomic E-state index is 0.0787. The molecule has 104 valence electrons. The number of carbonyl (C=O) groups is 1. The molecule has 1 aromatic heterocycles. The number of rotatable bonds is 4. The second-order valence-corrected chi connectivity index (χ2v) is 5.90. The summed E-state index contributed by atoms with van der Waals surface area (Å²) in [4.78, 5) is 12.4. The maximum atomic E-state index is 12.4. The minimum atomic E-state index is 0.0787. The maximum absolute atomic E-state index is 12.4. The van der Waals surface area contributed by atoms with E-state index in [-0.39, 0.29) is 11.9 Å². The van der Waals surface area contributed by atoms with E-state index in [0.717, 1.165) is 18.8 Å². The Balaban J connectivity index is 1.62. The zero-order chi connectivity index (χ0) is 13.2. The fourth-order valence-electron chi connectivity index (χ4n) is 2.96. The van der Waals surface area contributed by atoms with E-state index in [9.17, 15) is 4.79 Å². The second-order valence-electron chi connectivity index (χ2n) is 5.90. The Labute approximate surface area is 114 Å². The maximum Gasteiger partial charge on any atom is 0.268 e. The van der Waals surface area contributed by atoms with Crippen molar-refractivity contribution in [1.82, 2.24) is 15.2 Å². The van der Waals surface area contributed by atoms with Crippen LogP contribution in [0.5, 0.6) is 0 Å². The lowest BCUT2D eigenvalue weighted by atomic mass is 9.93. The third kappa shape index (κ3) is 2.84. The summed E-state index contributed by atoms with van der Waals surface area (Å²) in [5.41, 5.74) is 0.818. The number of nitrogens with zero attached hydrogens (tertiary/aromatic N) is 1. The standard InChI is InChI=1S/C15H23N3O/c1-11(12-4-2-8-16-10-12)17-15(19)14-5-3-9-18(14)13-6-7-13/h3,5,9,11-13,16H,2,4,6-8,10H2,1H3,(H,17,19). The van der Waals surface area contributed by atoms with Crippen molar-refractivity contribution in [2.24, 2.45) is 5.92 Å². The highest BCUT2D eigenvalue weighted by Gasteiger charge is 2.28. The van der Waals surface area contributed by atoms with E-state index >= 15 is 0 Å². The molecule has 2 N–H and O–H groups in total. The molecule has 0 bridgehead atoms. The summed E-state index contributed by atoms with van der Waals surface area (Å²) in [5, 5.41) is 6.58. The molecule has 1 aliphatic heterocycles. The fourth-order valence-corrected chi connectivity index (χ4v) is 2.96. The molecule has 4 heteroatoms. The topological polar surface area (TPSA) is 46.1 Å². The number of hydrogen-bond acceptors (Lipinski definition) is 2. The molecule has 2 unspecified atom stereocenters. The van der Waals surface area contributed by atoms with Crippen LogP contribution in [0.25, 0.3) is 0 Å². The van der Waals surface area contributed by atoms with Crippen LogP contribution in [0.2, 0.25) is 0 Å². The Morgan fingerprint density at radius 1 is 1.47 bits per heavy atom. The lowest BCUT2D eigenvalue weighted by Gasteiger charge is -2.29. The molecule has 2 aliphatic rings. The van der Waals surface area contributed by atoms with Gasteiger partial charge in [0.05, 0.1) is 0 Å². The smallest absolute Gasteiger partial charge is 0.268 e. The van der Waals surface area contributed by atoms with Crippen LogP contribution in [0.1, 0.15) is 49.1 Å². The third-order valence-electron chi connectivity index (χ3n) is 4.35. The Kier molecular flexibility index (Phi) is 3.60. The highest BCUT2D eigenvalue weighted by molar-refractivity contribution is 5.93. The molecule has 3 rings (SSSR count). The highest BCUT2D eigenvalue weighted by atomic mass is 16.2. The first-order valence-electron chi connectivity index (χ1n) is 7.44. The first kappa shape index (κ1) is 12.7. The van der Waals surface area contributed by atoms with Crippen molar-refractivity contribution in [3.05, 3.63) is 24.0 Å². The number of carbonyl (C=O) groups excluding carboxylic acids is 1. The molecule has 1 saturated carbocycles. The molecule has 1 amide bonds. The van der Waals surface area contributed by atoms with Gasteiger partial charge in [0, 0.05) is 18.3 Å². The second kappa shape index (κ2) is 5.37. The molecule has 19 heavy (non-hydrogen) atoms. The molecule has 0 spiro atoms. The van der Waals surface area contributed by atoms with Crippen molar-refractivity contribution >= 4 is 5.91 Å². The van der Waals surface area contributed by atoms with Crippen molar-refractivity contribution in [3.8, 4) is 0 Å². The molecule has 1 saturated heterocycles. The number of aromatic nitrogens is 1. The van der Waals surface area contributed by atoms with Gasteiger partial charge in [0.25, 0.3) is 5.91 Å². The van der Waals surface area contributed by atoms with Gasteiger partial charge in [-0.1, -0.05) is 0 Å². The molecular weight excluding hydrogens is 238 g/mol. The van der Waals surface area contributed by atoms with Gasteiger partial charge in [0.15, 0.2) is 0 Å². The third-order valence-corrected chi connectivity index (χ3v) is 4.35. The van der Waals surface area contributed by atoms with E-state index in [1.54, 1.807) is 0 Å². The van der Waals surface area contributed by atoms with Crippen LogP contribution >= 0.6 is 0 Å². The van der Waals surface area contributed by atoms with E-state index < -0.39 is 0 Å². The van der Waals surface area contributed by atoms with Crippen molar-refractivity contribution < 1.29 is 4.79 Å². The summed E-state index contributed by atoms with van der Waals surface area (Å²) >= 11 is 0. The number of piperidine rings is 1. The van der Waals surface area contributed by atoms with E-state index in [1.165, 1.54) is 25.7 Å². The SMILES string of the molecule is CC(NC(=O)c1cccn1C1CC1)C1CCCNC1. The van der Waals surface area contributed by atoms with E-state index in [1.807, 2.05) is 18.3 Å². The Morgan fingerprint density at radius 2 is 2.32 bits per heavy atom. The summed E-state index contributed by atoms with van der Waals surface area (Å²) < 4.78 is 2.13. The molecule has 2 fully saturated rings. The Bertz CT molecular complexity index is 444. The molecule has 0 aromatic carbocycles. The van der Waals surface area contributed by atoms with Crippen LogP contribution in [0.15, 0.2) is 18.3 Å². The summed E-state index contributed by atoms with van der Waals surface area (Å²) in [6.45, 7) is 4.26. The van der Waals surface area contributed by atoms with Gasteiger partial charge in [0.1, 0.15) is 5.69 Å². The van der Waals surface area contributed by atoms with E-state index in [4.69, 9.17) is 0 Å². The summed E-state index contributed by atoms with van der Waals surface area (Å²) in [7, 11) is 0. The van der Waals surface area contributed by atoms with Crippen molar-refractivity contribution in [2.75, 3.05) is 13.1 Å². The lowest BCUT2D eigenvalue weighted by molar-refractivity contribution is 0.0912. The quantitative estimate of drug-likeness (QED) is 0.870. The van der Waals surface area contributed by atoms with E-state index in [2.05, 4.69) is 22.1 Å². The first-order chi connectivity index (χ1) is 9.25. The Hall–Kier alpha value is -1.29. The number of amides is 1. The van der Waals surface area contributed by atoms with Gasteiger partial charge in [-0.25, -0.2) is 0 Å². The predicted molar refractivity (Wildman–Crippen MR) is 75.2 cm³/mol. The van der Waals surface area contributed by atoms with E-state index in [0.29, 0.717) is 12.0 Å². The average Bonchev–Trinajstić information content (AvgIpc) is 3.16. The number of nitrogens with one attached hydrogen (secondary N) is 2. The fraction of sp³-hybridized carbons (Fsp3) is 0.667. The van der Waals surface area contributed by atoms with Crippen molar-refractivity contribution in [3.63, 3.8) is 0 Å². The zero-order valence-electron chi connectivity index (χ0n) is 11.6. The predicted octanol–water partition coefficient (Wildman–Crippen LogP) is 1.94. The van der Waals surface area contributed by atoms with Crippen LogP contribution in [0, 0.1) is 5.92 Å². The van der Waals surface area contributed by atoms with Gasteiger partial charge < -0.3 is 15.2 Å². The lowest BCUT2D eigenvalue weighted by Crippen LogP contribution is -2.44. The minimum Gasteiger partial charge on any atom is -0.348 e. The number of hydrogen-bond donors (Lipinski definition) is 2. The van der Waals surface area contributed by atoms with Gasteiger partial charge in [-0.3, -0.25) is 4.79 Å². The molecular formula is C15H23N3O. The van der Waals surface area contributed by atoms with Gasteiger partial charge in [-0.15, -0.1) is 0 Å². The highest BCUT2D eigenvalue weighted by Crippen LogP contribution is 2.36. The van der Waals surface area contributed by atoms with Crippen LogP contribution in [-0.2, 0) is 0 Å². The van der Waals surface area contributed by atoms with Crippen LogP contribution < -0.4 is 10.6 Å². The van der Waals surface area contributed by atoms with Gasteiger partial charge in [0.2, 0.25) is 0 Å². The monoisotopic (exact) mass is 261 g/mol. The van der Waals surface area contributed by atoms with Crippen LogP contribution in [0.3, 0.4) is 0 Å². The van der Waals surface area contributed by atoms with Crippen molar-refractivity contribution in [2.45, 2.75) is 44.7 Å². The van der Waals surface area contributed by atoms with Crippen LogP contribution in [-0.4, -0.2) is 29.6 Å². The zero-order valence-corrected chi connectivity index (χ0v) is 11.6. The summed E-state index contributed by atoms with van der Waals surface area (Å²) in [5.74, 6) is 0.636. The molecule has 2 heterocycles.